The fourth-order valence-electron chi connectivity index (χ4n) is 1.49. The molecule has 0 atom stereocenters. The Balaban J connectivity index is 2.51. The summed E-state index contributed by atoms with van der Waals surface area (Å²) in [4.78, 5) is 0. The third-order valence-corrected chi connectivity index (χ3v) is 2.46. The molecule has 0 aliphatic heterocycles. The van der Waals surface area contributed by atoms with Crippen LogP contribution in [-0.2, 0) is 0 Å². The minimum atomic E-state index is 0.235. The molecule has 0 bridgehead atoms. The summed E-state index contributed by atoms with van der Waals surface area (Å²) in [6.07, 6.45) is 1.31. The number of benzene rings is 1. The summed E-state index contributed by atoms with van der Waals surface area (Å²) in [7, 11) is 3.22. The van der Waals surface area contributed by atoms with Crippen LogP contribution in [0.15, 0.2) is 23.4 Å². The van der Waals surface area contributed by atoms with E-state index in [-0.39, 0.29) is 5.84 Å². The van der Waals surface area contributed by atoms with Gasteiger partial charge in [-0.25, -0.2) is 0 Å². The molecule has 1 aromatic carbocycles. The highest BCUT2D eigenvalue weighted by Gasteiger charge is 2.04. The highest BCUT2D eigenvalue weighted by molar-refractivity contribution is 5.79. The molecule has 0 spiro atoms. The fraction of sp³-hybridized carbons (Fsp3) is 0.417. The number of oxime groups is 1. The largest absolute Gasteiger partial charge is 0.497 e. The lowest BCUT2D eigenvalue weighted by Crippen LogP contribution is -2.13. The number of anilines is 1. The summed E-state index contributed by atoms with van der Waals surface area (Å²) < 4.78 is 10.4. The number of ether oxygens (including phenoxy) is 2. The van der Waals surface area contributed by atoms with E-state index in [1.807, 2.05) is 18.2 Å². The zero-order valence-electron chi connectivity index (χ0n) is 10.6. The van der Waals surface area contributed by atoms with Crippen molar-refractivity contribution >= 4 is 11.5 Å². The van der Waals surface area contributed by atoms with Crippen molar-refractivity contribution in [2.45, 2.75) is 12.8 Å². The van der Waals surface area contributed by atoms with E-state index in [1.54, 1.807) is 14.2 Å². The van der Waals surface area contributed by atoms with Crippen LogP contribution < -0.4 is 20.5 Å². The minimum Gasteiger partial charge on any atom is -0.497 e. The van der Waals surface area contributed by atoms with E-state index in [0.29, 0.717) is 13.0 Å². The van der Waals surface area contributed by atoms with Gasteiger partial charge in [0, 0.05) is 19.0 Å². The van der Waals surface area contributed by atoms with Gasteiger partial charge in [-0.1, -0.05) is 5.16 Å². The van der Waals surface area contributed by atoms with Gasteiger partial charge in [-0.3, -0.25) is 0 Å². The maximum Gasteiger partial charge on any atom is 0.145 e. The van der Waals surface area contributed by atoms with Crippen LogP contribution >= 0.6 is 0 Å². The number of hydrogen-bond acceptors (Lipinski definition) is 5. The summed E-state index contributed by atoms with van der Waals surface area (Å²) >= 11 is 0. The molecular weight excluding hydrogens is 234 g/mol. The Hall–Kier alpha value is -2.11. The standard InChI is InChI=1S/C12H19N3O3/c1-17-9-5-6-10(11(8-9)18-2)14-7-3-4-12(13)15-16/h5-6,8,14,16H,3-4,7H2,1-2H3,(H2,13,15). The molecule has 0 unspecified atom stereocenters. The molecule has 0 saturated carbocycles. The number of methoxy groups -OCH3 is 2. The van der Waals surface area contributed by atoms with Crippen LogP contribution in [0, 0.1) is 0 Å². The van der Waals surface area contributed by atoms with Crippen LogP contribution in [0.2, 0.25) is 0 Å². The van der Waals surface area contributed by atoms with E-state index < -0.39 is 0 Å². The fourth-order valence-corrected chi connectivity index (χ4v) is 1.49. The van der Waals surface area contributed by atoms with Gasteiger partial charge in [-0.2, -0.15) is 0 Å². The Labute approximate surface area is 106 Å². The normalized spacial score (nSPS) is 11.1. The third-order valence-electron chi connectivity index (χ3n) is 2.46. The van der Waals surface area contributed by atoms with Crippen molar-refractivity contribution in [1.29, 1.82) is 0 Å². The molecule has 0 aliphatic rings. The lowest BCUT2D eigenvalue weighted by atomic mass is 10.2. The Morgan fingerprint density at radius 1 is 1.39 bits per heavy atom. The highest BCUT2D eigenvalue weighted by atomic mass is 16.5. The molecule has 100 valence electrons. The maximum atomic E-state index is 8.40. The Morgan fingerprint density at radius 2 is 2.17 bits per heavy atom. The monoisotopic (exact) mass is 253 g/mol. The average molecular weight is 253 g/mol. The molecule has 6 nitrogen and oxygen atoms in total. The number of rotatable bonds is 7. The lowest BCUT2D eigenvalue weighted by molar-refractivity contribution is 0.316. The van der Waals surface area contributed by atoms with Crippen molar-refractivity contribution in [3.8, 4) is 11.5 Å². The number of nitrogens with two attached hydrogens (primary N) is 1. The van der Waals surface area contributed by atoms with Crippen molar-refractivity contribution in [3.05, 3.63) is 18.2 Å². The van der Waals surface area contributed by atoms with Gasteiger partial charge in [0.25, 0.3) is 0 Å². The van der Waals surface area contributed by atoms with Gasteiger partial charge in [0.1, 0.15) is 17.3 Å². The van der Waals surface area contributed by atoms with Crippen LogP contribution in [0.3, 0.4) is 0 Å². The van der Waals surface area contributed by atoms with Crippen molar-refractivity contribution in [3.63, 3.8) is 0 Å². The Bertz CT molecular complexity index is 408. The summed E-state index contributed by atoms with van der Waals surface area (Å²) in [6, 6.07) is 5.56. The van der Waals surface area contributed by atoms with Gasteiger partial charge in [0.15, 0.2) is 0 Å². The van der Waals surface area contributed by atoms with E-state index >= 15 is 0 Å². The molecule has 0 aliphatic carbocycles. The predicted molar refractivity (Wildman–Crippen MR) is 70.7 cm³/mol. The molecule has 0 aromatic heterocycles. The first-order chi connectivity index (χ1) is 8.71. The third kappa shape index (κ3) is 4.04. The summed E-state index contributed by atoms with van der Waals surface area (Å²) in [5.41, 5.74) is 6.26. The summed E-state index contributed by atoms with van der Waals surface area (Å²) in [5.74, 6) is 1.70. The zero-order chi connectivity index (χ0) is 13.4. The van der Waals surface area contributed by atoms with E-state index in [2.05, 4.69) is 10.5 Å². The molecular formula is C12H19N3O3. The summed E-state index contributed by atoms with van der Waals surface area (Å²) in [6.45, 7) is 0.707. The van der Waals surface area contributed by atoms with Crippen LogP contribution in [0.1, 0.15) is 12.8 Å². The van der Waals surface area contributed by atoms with Gasteiger partial charge in [0.05, 0.1) is 19.9 Å². The number of amidine groups is 1. The first kappa shape index (κ1) is 14.0. The SMILES string of the molecule is COc1ccc(NCCC/C(N)=N/O)c(OC)c1. The maximum absolute atomic E-state index is 8.40. The number of hydrogen-bond donors (Lipinski definition) is 3. The van der Waals surface area contributed by atoms with E-state index in [1.165, 1.54) is 0 Å². The van der Waals surface area contributed by atoms with Gasteiger partial charge in [-0.15, -0.1) is 0 Å². The Morgan fingerprint density at radius 3 is 2.78 bits per heavy atom. The average Bonchev–Trinajstić information content (AvgIpc) is 2.43. The van der Waals surface area contributed by atoms with Crippen LogP contribution in [0.4, 0.5) is 5.69 Å². The molecule has 1 aromatic rings. The van der Waals surface area contributed by atoms with Gasteiger partial charge < -0.3 is 25.7 Å². The van der Waals surface area contributed by atoms with Crippen LogP contribution in [0.5, 0.6) is 11.5 Å². The molecule has 0 saturated heterocycles. The highest BCUT2D eigenvalue weighted by Crippen LogP contribution is 2.28. The van der Waals surface area contributed by atoms with Gasteiger partial charge in [0.2, 0.25) is 0 Å². The van der Waals surface area contributed by atoms with Crippen LogP contribution in [-0.4, -0.2) is 31.8 Å². The Kier molecular flexibility index (Phi) is 5.63. The van der Waals surface area contributed by atoms with Gasteiger partial charge in [-0.05, 0) is 18.6 Å². The lowest BCUT2D eigenvalue weighted by Gasteiger charge is -2.12. The molecule has 0 fully saturated rings. The molecule has 18 heavy (non-hydrogen) atoms. The molecule has 0 amide bonds. The molecule has 0 heterocycles. The van der Waals surface area contributed by atoms with Crippen molar-refractivity contribution in [2.24, 2.45) is 10.9 Å². The van der Waals surface area contributed by atoms with Crippen molar-refractivity contribution < 1.29 is 14.7 Å². The minimum absolute atomic E-state index is 0.235. The van der Waals surface area contributed by atoms with Crippen molar-refractivity contribution in [2.75, 3.05) is 26.1 Å². The van der Waals surface area contributed by atoms with Crippen molar-refractivity contribution in [1.82, 2.24) is 0 Å². The first-order valence-corrected chi connectivity index (χ1v) is 5.63. The van der Waals surface area contributed by atoms with E-state index in [4.69, 9.17) is 20.4 Å². The second kappa shape index (κ2) is 7.26. The molecule has 4 N–H and O–H groups in total. The number of nitrogens with one attached hydrogen (secondary N) is 1. The number of nitrogens with zero attached hydrogens (tertiary/aromatic N) is 1. The van der Waals surface area contributed by atoms with E-state index in [0.717, 1.165) is 23.6 Å². The van der Waals surface area contributed by atoms with Crippen LogP contribution in [0.25, 0.3) is 0 Å². The molecule has 1 rings (SSSR count). The molecule has 6 heteroatoms. The topological polar surface area (TPSA) is 89.1 Å². The quantitative estimate of drug-likeness (QED) is 0.226. The predicted octanol–water partition coefficient (Wildman–Crippen LogP) is 1.64. The second-order valence-corrected chi connectivity index (χ2v) is 3.69. The second-order valence-electron chi connectivity index (χ2n) is 3.69. The zero-order valence-corrected chi connectivity index (χ0v) is 10.6. The molecule has 0 radical (unpaired) electrons. The smallest absolute Gasteiger partial charge is 0.145 e. The summed E-state index contributed by atoms with van der Waals surface area (Å²) in [5, 5.41) is 14.5. The first-order valence-electron chi connectivity index (χ1n) is 5.63. The van der Waals surface area contributed by atoms with Gasteiger partial charge >= 0.3 is 0 Å². The van der Waals surface area contributed by atoms with E-state index in [9.17, 15) is 0 Å².